The number of halogens is 2. The Morgan fingerprint density at radius 2 is 1.78 bits per heavy atom. The number of aryl methyl sites for hydroxylation is 1. The van der Waals surface area contributed by atoms with Crippen LogP contribution in [0.2, 0.25) is 10.0 Å². The van der Waals surface area contributed by atoms with Crippen molar-refractivity contribution in [3.8, 4) is 0 Å². The van der Waals surface area contributed by atoms with E-state index in [2.05, 4.69) is 4.72 Å². The first kappa shape index (κ1) is 22.2. The minimum absolute atomic E-state index is 0.0345. The Morgan fingerprint density at radius 3 is 2.53 bits per heavy atom. The lowest BCUT2D eigenvalue weighted by molar-refractivity contribution is 0.0473. The van der Waals surface area contributed by atoms with E-state index in [0.717, 1.165) is 5.56 Å². The highest BCUT2D eigenvalue weighted by Crippen LogP contribution is 2.31. The van der Waals surface area contributed by atoms with E-state index in [1.807, 2.05) is 30.3 Å². The molecule has 164 valence electrons. The number of anilines is 1. The number of furan rings is 1. The molecule has 0 aliphatic carbocycles. The molecule has 0 saturated carbocycles. The van der Waals surface area contributed by atoms with Gasteiger partial charge in [-0.1, -0.05) is 53.5 Å². The fourth-order valence-corrected chi connectivity index (χ4v) is 5.04. The zero-order chi connectivity index (χ0) is 22.9. The van der Waals surface area contributed by atoms with Gasteiger partial charge < -0.3 is 9.15 Å². The average Bonchev–Trinajstić information content (AvgIpc) is 3.09. The molecule has 9 heteroatoms. The monoisotopic (exact) mass is 489 g/mol. The third-order valence-corrected chi connectivity index (χ3v) is 6.81. The first-order chi connectivity index (χ1) is 15.2. The zero-order valence-corrected chi connectivity index (χ0v) is 19.1. The highest BCUT2D eigenvalue weighted by atomic mass is 35.5. The van der Waals surface area contributed by atoms with E-state index in [9.17, 15) is 13.2 Å². The molecule has 4 aromatic rings. The molecule has 0 amide bonds. The third-order valence-electron chi connectivity index (χ3n) is 4.72. The predicted octanol–water partition coefficient (Wildman–Crippen LogP) is 6.21. The van der Waals surface area contributed by atoms with Gasteiger partial charge in [0.15, 0.2) is 0 Å². The molecule has 6 nitrogen and oxygen atoms in total. The van der Waals surface area contributed by atoms with Crippen molar-refractivity contribution in [1.29, 1.82) is 0 Å². The average molecular weight is 490 g/mol. The molecule has 3 aromatic carbocycles. The fourth-order valence-electron chi connectivity index (χ4n) is 3.23. The van der Waals surface area contributed by atoms with Gasteiger partial charge in [-0.2, -0.15) is 0 Å². The van der Waals surface area contributed by atoms with Crippen molar-refractivity contribution in [3.05, 3.63) is 93.7 Å². The Kier molecular flexibility index (Phi) is 6.15. The molecule has 1 aromatic heterocycles. The highest BCUT2D eigenvalue weighted by Gasteiger charge is 2.22. The van der Waals surface area contributed by atoms with Gasteiger partial charge in [0.25, 0.3) is 10.0 Å². The van der Waals surface area contributed by atoms with Crippen LogP contribution in [0.1, 0.15) is 21.7 Å². The van der Waals surface area contributed by atoms with Crippen LogP contribution < -0.4 is 4.72 Å². The number of esters is 1. The van der Waals surface area contributed by atoms with Crippen molar-refractivity contribution >= 4 is 55.9 Å². The summed E-state index contributed by atoms with van der Waals surface area (Å²) >= 11 is 12.0. The summed E-state index contributed by atoms with van der Waals surface area (Å²) in [6, 6.07) is 18.1. The van der Waals surface area contributed by atoms with Crippen molar-refractivity contribution in [2.45, 2.75) is 18.4 Å². The van der Waals surface area contributed by atoms with Crippen molar-refractivity contribution in [1.82, 2.24) is 0 Å². The molecule has 1 heterocycles. The van der Waals surface area contributed by atoms with Gasteiger partial charge in [-0.15, -0.1) is 0 Å². The highest BCUT2D eigenvalue weighted by molar-refractivity contribution is 7.92. The Balaban J connectivity index is 1.64. The lowest BCUT2D eigenvalue weighted by atomic mass is 10.1. The summed E-state index contributed by atoms with van der Waals surface area (Å²) in [6.45, 7) is 1.75. The van der Waals surface area contributed by atoms with E-state index in [0.29, 0.717) is 16.7 Å². The summed E-state index contributed by atoms with van der Waals surface area (Å²) < 4.78 is 39.2. The fraction of sp³-hybridized carbons (Fsp3) is 0.0870. The van der Waals surface area contributed by atoms with Gasteiger partial charge in [-0.3, -0.25) is 4.72 Å². The molecule has 32 heavy (non-hydrogen) atoms. The Labute approximate surface area is 194 Å². The number of hydrogen-bond acceptors (Lipinski definition) is 5. The number of nitrogens with one attached hydrogen (secondary N) is 1. The lowest BCUT2D eigenvalue weighted by Gasteiger charge is -2.10. The SMILES string of the molecule is Cc1oc2ccc(NS(=O)(=O)c3cc(Cl)ccc3Cl)cc2c1C(=O)OCc1ccccc1. The van der Waals surface area contributed by atoms with Crippen LogP contribution in [0.25, 0.3) is 11.0 Å². The summed E-state index contributed by atoms with van der Waals surface area (Å²) in [6.07, 6.45) is 0. The maximum atomic E-state index is 12.8. The molecular weight excluding hydrogens is 473 g/mol. The minimum Gasteiger partial charge on any atom is -0.460 e. The van der Waals surface area contributed by atoms with Crippen LogP contribution in [0, 0.1) is 6.92 Å². The maximum Gasteiger partial charge on any atom is 0.342 e. The zero-order valence-electron chi connectivity index (χ0n) is 16.8. The van der Waals surface area contributed by atoms with Gasteiger partial charge >= 0.3 is 5.97 Å². The Bertz CT molecular complexity index is 1420. The number of ether oxygens (including phenoxy) is 1. The molecule has 0 atom stereocenters. The topological polar surface area (TPSA) is 85.6 Å². The summed E-state index contributed by atoms with van der Waals surface area (Å²) in [4.78, 5) is 12.6. The second-order valence-corrected chi connectivity index (χ2v) is 9.48. The molecule has 0 aliphatic heterocycles. The van der Waals surface area contributed by atoms with Gasteiger partial charge in [0, 0.05) is 16.1 Å². The largest absolute Gasteiger partial charge is 0.460 e. The number of benzene rings is 3. The van der Waals surface area contributed by atoms with Crippen molar-refractivity contribution < 1.29 is 22.4 Å². The van der Waals surface area contributed by atoms with Crippen molar-refractivity contribution in [2.75, 3.05) is 4.72 Å². The summed E-state index contributed by atoms with van der Waals surface area (Å²) in [7, 11) is -4.02. The van der Waals surface area contributed by atoms with E-state index in [-0.39, 0.29) is 32.8 Å². The first-order valence-electron chi connectivity index (χ1n) is 9.47. The second kappa shape index (κ2) is 8.86. The van der Waals surface area contributed by atoms with Crippen LogP contribution >= 0.6 is 23.2 Å². The molecular formula is C23H17Cl2NO5S. The third kappa shape index (κ3) is 4.60. The van der Waals surface area contributed by atoms with Crippen molar-refractivity contribution in [3.63, 3.8) is 0 Å². The smallest absolute Gasteiger partial charge is 0.342 e. The van der Waals surface area contributed by atoms with Gasteiger partial charge in [0.1, 0.15) is 28.4 Å². The van der Waals surface area contributed by atoms with Crippen LogP contribution in [0.5, 0.6) is 0 Å². The number of fused-ring (bicyclic) bond motifs is 1. The molecule has 0 aliphatic rings. The molecule has 0 unspecified atom stereocenters. The van der Waals surface area contributed by atoms with E-state index in [1.165, 1.54) is 30.3 Å². The Morgan fingerprint density at radius 1 is 1.03 bits per heavy atom. The Hall–Kier alpha value is -3.00. The molecule has 0 radical (unpaired) electrons. The number of hydrogen-bond donors (Lipinski definition) is 1. The van der Waals surface area contributed by atoms with Gasteiger partial charge in [0.2, 0.25) is 0 Å². The number of carbonyl (C=O) groups excluding carboxylic acids is 1. The van der Waals surface area contributed by atoms with Crippen LogP contribution in [-0.2, 0) is 21.4 Å². The predicted molar refractivity (Wildman–Crippen MR) is 124 cm³/mol. The standard InChI is InChI=1S/C23H17Cl2NO5S/c1-14-22(23(27)30-13-15-5-3-2-4-6-15)18-12-17(8-10-20(18)31-14)26-32(28,29)21-11-16(24)7-9-19(21)25/h2-12,26H,13H2,1H3. The quantitative estimate of drug-likeness (QED) is 0.325. The summed E-state index contributed by atoms with van der Waals surface area (Å²) in [5, 5.41) is 0.699. The van der Waals surface area contributed by atoms with E-state index < -0.39 is 16.0 Å². The van der Waals surface area contributed by atoms with Crippen LogP contribution in [-0.4, -0.2) is 14.4 Å². The van der Waals surface area contributed by atoms with Gasteiger partial charge in [-0.05, 0) is 48.9 Å². The van der Waals surface area contributed by atoms with Gasteiger partial charge in [0.05, 0.1) is 5.02 Å². The van der Waals surface area contributed by atoms with Crippen LogP contribution in [0.4, 0.5) is 5.69 Å². The van der Waals surface area contributed by atoms with E-state index in [4.69, 9.17) is 32.4 Å². The second-order valence-electron chi connectivity index (χ2n) is 6.99. The lowest BCUT2D eigenvalue weighted by Crippen LogP contribution is -2.13. The maximum absolute atomic E-state index is 12.8. The number of carbonyl (C=O) groups is 1. The summed E-state index contributed by atoms with van der Waals surface area (Å²) in [5.41, 5.74) is 1.74. The molecule has 4 rings (SSSR count). The minimum atomic E-state index is -4.02. The molecule has 1 N–H and O–H groups in total. The molecule has 0 bridgehead atoms. The molecule has 0 saturated heterocycles. The summed E-state index contributed by atoms with van der Waals surface area (Å²) in [5.74, 6) is -0.195. The molecule has 0 fully saturated rings. The van der Waals surface area contributed by atoms with Crippen molar-refractivity contribution in [2.24, 2.45) is 0 Å². The first-order valence-corrected chi connectivity index (χ1v) is 11.7. The van der Waals surface area contributed by atoms with E-state index >= 15 is 0 Å². The number of rotatable bonds is 6. The van der Waals surface area contributed by atoms with Crippen LogP contribution in [0.15, 0.2) is 76.0 Å². The number of sulfonamides is 1. The molecule has 0 spiro atoms. The van der Waals surface area contributed by atoms with Crippen LogP contribution in [0.3, 0.4) is 0 Å². The van der Waals surface area contributed by atoms with E-state index in [1.54, 1.807) is 13.0 Å². The van der Waals surface area contributed by atoms with Gasteiger partial charge in [-0.25, -0.2) is 13.2 Å². The normalized spacial score (nSPS) is 11.5.